The van der Waals surface area contributed by atoms with Gasteiger partial charge in [-0.15, -0.1) is 0 Å². The van der Waals surface area contributed by atoms with Gasteiger partial charge in [-0.05, 0) is 57.9 Å². The van der Waals surface area contributed by atoms with E-state index in [2.05, 4.69) is 5.32 Å². The molecule has 1 fully saturated rings. The molecule has 1 aliphatic rings. The van der Waals surface area contributed by atoms with E-state index in [4.69, 9.17) is 4.74 Å². The summed E-state index contributed by atoms with van der Waals surface area (Å²) in [4.78, 5) is 13.8. The van der Waals surface area contributed by atoms with Crippen molar-refractivity contribution in [1.82, 2.24) is 10.2 Å². The number of ether oxygens (including phenoxy) is 1. The fraction of sp³-hybridized carbons (Fsp3) is 0.611. The zero-order valence-electron chi connectivity index (χ0n) is 15.0. The van der Waals surface area contributed by atoms with Gasteiger partial charge < -0.3 is 15.0 Å². The van der Waals surface area contributed by atoms with Crippen molar-refractivity contribution in [1.29, 1.82) is 0 Å². The Morgan fingerprint density at radius 1 is 1.32 bits per heavy atom. The average molecular weight is 358 g/mol. The first-order valence-electron chi connectivity index (χ1n) is 8.33. The van der Waals surface area contributed by atoms with Gasteiger partial charge in [0.25, 0.3) is 0 Å². The lowest BCUT2D eigenvalue weighted by molar-refractivity contribution is -0.137. The monoisotopic (exact) mass is 358 g/mol. The number of halogens is 3. The fourth-order valence-corrected chi connectivity index (χ4v) is 3.13. The highest BCUT2D eigenvalue weighted by Crippen LogP contribution is 2.34. The third-order valence-corrected chi connectivity index (χ3v) is 4.23. The second-order valence-electron chi connectivity index (χ2n) is 7.36. The van der Waals surface area contributed by atoms with E-state index in [0.29, 0.717) is 25.1 Å². The van der Waals surface area contributed by atoms with Crippen LogP contribution in [0.2, 0.25) is 0 Å². The van der Waals surface area contributed by atoms with Crippen molar-refractivity contribution in [3.63, 3.8) is 0 Å². The lowest BCUT2D eigenvalue weighted by Gasteiger charge is -2.26. The quantitative estimate of drug-likeness (QED) is 0.879. The summed E-state index contributed by atoms with van der Waals surface area (Å²) in [6, 6.07) is 5.10. The van der Waals surface area contributed by atoms with E-state index in [1.54, 1.807) is 38.8 Å². The molecule has 140 valence electrons. The van der Waals surface area contributed by atoms with Gasteiger partial charge in [0, 0.05) is 19.1 Å². The van der Waals surface area contributed by atoms with Crippen molar-refractivity contribution in [2.75, 3.05) is 20.1 Å². The lowest BCUT2D eigenvalue weighted by atomic mass is 9.91. The normalized spacial score (nSPS) is 19.8. The number of likely N-dealkylation sites (tertiary alicyclic amines) is 1. The highest BCUT2D eigenvalue weighted by molar-refractivity contribution is 5.68. The molecule has 1 N–H and O–H groups in total. The van der Waals surface area contributed by atoms with Crippen molar-refractivity contribution in [2.45, 2.75) is 45.0 Å². The molecule has 1 saturated heterocycles. The number of nitrogens with zero attached hydrogens (tertiary/aromatic N) is 1. The lowest BCUT2D eigenvalue weighted by Crippen LogP contribution is -2.36. The Bertz CT molecular complexity index is 611. The molecule has 1 aromatic carbocycles. The Kier molecular flexibility index (Phi) is 5.66. The van der Waals surface area contributed by atoms with E-state index in [1.807, 2.05) is 0 Å². The minimum atomic E-state index is -4.37. The van der Waals surface area contributed by atoms with Crippen molar-refractivity contribution >= 4 is 6.09 Å². The predicted octanol–water partition coefficient (Wildman–Crippen LogP) is 4.22. The minimum absolute atomic E-state index is 0.0287. The molecule has 1 aliphatic heterocycles. The summed E-state index contributed by atoms with van der Waals surface area (Å²) in [5.74, 6) is 0.0287. The topological polar surface area (TPSA) is 41.6 Å². The molecule has 0 aliphatic carbocycles. The summed E-state index contributed by atoms with van der Waals surface area (Å²) in [6.07, 6.45) is -4.04. The second-order valence-corrected chi connectivity index (χ2v) is 7.36. The van der Waals surface area contributed by atoms with Gasteiger partial charge in [0.1, 0.15) is 5.60 Å². The van der Waals surface area contributed by atoms with Gasteiger partial charge >= 0.3 is 12.3 Å². The van der Waals surface area contributed by atoms with Crippen LogP contribution in [-0.4, -0.2) is 36.7 Å². The molecule has 4 nitrogen and oxygen atoms in total. The molecule has 1 amide bonds. The molecular formula is C18H25F3N2O2. The molecule has 1 heterocycles. The van der Waals surface area contributed by atoms with Crippen LogP contribution in [0.25, 0.3) is 0 Å². The zero-order chi connectivity index (χ0) is 18.8. The van der Waals surface area contributed by atoms with Gasteiger partial charge in [-0.25, -0.2) is 4.79 Å². The van der Waals surface area contributed by atoms with E-state index in [9.17, 15) is 18.0 Å². The Balaban J connectivity index is 2.11. The number of hydrogen-bond donors (Lipinski definition) is 1. The van der Waals surface area contributed by atoms with Crippen LogP contribution in [0.15, 0.2) is 24.3 Å². The van der Waals surface area contributed by atoms with E-state index in [-0.39, 0.29) is 18.1 Å². The number of alkyl halides is 3. The van der Waals surface area contributed by atoms with Gasteiger partial charge in [0.15, 0.2) is 0 Å². The number of amides is 1. The van der Waals surface area contributed by atoms with Gasteiger partial charge in [-0.1, -0.05) is 12.1 Å². The first-order chi connectivity index (χ1) is 11.5. The average Bonchev–Trinajstić information content (AvgIpc) is 2.95. The molecule has 0 bridgehead atoms. The van der Waals surface area contributed by atoms with Crippen LogP contribution in [0, 0.1) is 5.92 Å². The van der Waals surface area contributed by atoms with Crippen LogP contribution in [0.1, 0.15) is 44.4 Å². The van der Waals surface area contributed by atoms with Crippen LogP contribution >= 0.6 is 0 Å². The van der Waals surface area contributed by atoms with Gasteiger partial charge in [0.05, 0.1) is 5.56 Å². The number of carbonyl (C=O) groups is 1. The Hall–Kier alpha value is -1.76. The maximum atomic E-state index is 12.9. The molecule has 0 radical (unpaired) electrons. The smallest absolute Gasteiger partial charge is 0.416 e. The summed E-state index contributed by atoms with van der Waals surface area (Å²) in [5.41, 5.74) is -0.654. The maximum Gasteiger partial charge on any atom is 0.416 e. The summed E-state index contributed by atoms with van der Waals surface area (Å²) in [7, 11) is 1.72. The molecular weight excluding hydrogens is 333 g/mol. The van der Waals surface area contributed by atoms with Crippen molar-refractivity contribution < 1.29 is 22.7 Å². The molecule has 0 spiro atoms. The summed E-state index contributed by atoms with van der Waals surface area (Å²) in [6.45, 7) is 6.40. The van der Waals surface area contributed by atoms with E-state index in [0.717, 1.165) is 6.07 Å². The first kappa shape index (κ1) is 19.6. The summed E-state index contributed by atoms with van der Waals surface area (Å²) < 4.78 is 44.2. The molecule has 0 aromatic heterocycles. The Morgan fingerprint density at radius 2 is 2.00 bits per heavy atom. The molecule has 0 saturated carbocycles. The number of benzene rings is 1. The van der Waals surface area contributed by atoms with Crippen LogP contribution < -0.4 is 5.32 Å². The van der Waals surface area contributed by atoms with Crippen molar-refractivity contribution in [3.8, 4) is 0 Å². The highest BCUT2D eigenvalue weighted by atomic mass is 19.4. The van der Waals surface area contributed by atoms with Crippen LogP contribution in [-0.2, 0) is 10.9 Å². The SMILES string of the molecule is CNC(c1cccc(C(F)(F)F)c1)C1CCN(C(=O)OC(C)(C)C)C1. The molecule has 2 atom stereocenters. The highest BCUT2D eigenvalue weighted by Gasteiger charge is 2.35. The van der Waals surface area contributed by atoms with Gasteiger partial charge in [0.2, 0.25) is 0 Å². The molecule has 2 rings (SSSR count). The predicted molar refractivity (Wildman–Crippen MR) is 89.2 cm³/mol. The van der Waals surface area contributed by atoms with E-state index >= 15 is 0 Å². The third-order valence-electron chi connectivity index (χ3n) is 4.23. The number of hydrogen-bond acceptors (Lipinski definition) is 3. The van der Waals surface area contributed by atoms with Crippen LogP contribution in [0.4, 0.5) is 18.0 Å². The van der Waals surface area contributed by atoms with Crippen LogP contribution in [0.3, 0.4) is 0 Å². The second kappa shape index (κ2) is 7.23. The molecule has 1 aromatic rings. The first-order valence-corrected chi connectivity index (χ1v) is 8.33. The molecule has 25 heavy (non-hydrogen) atoms. The maximum absolute atomic E-state index is 12.9. The van der Waals surface area contributed by atoms with Crippen molar-refractivity contribution in [2.24, 2.45) is 5.92 Å². The minimum Gasteiger partial charge on any atom is -0.444 e. The Morgan fingerprint density at radius 3 is 2.56 bits per heavy atom. The standard InChI is InChI=1S/C18H25F3N2O2/c1-17(2,3)25-16(24)23-9-8-13(11-23)15(22-4)12-6-5-7-14(10-12)18(19,20)21/h5-7,10,13,15,22H,8-9,11H2,1-4H3. The fourth-order valence-electron chi connectivity index (χ4n) is 3.13. The number of nitrogens with one attached hydrogen (secondary N) is 1. The van der Waals surface area contributed by atoms with Gasteiger partial charge in [-0.3, -0.25) is 0 Å². The number of rotatable bonds is 3. The van der Waals surface area contributed by atoms with E-state index < -0.39 is 17.3 Å². The third kappa shape index (κ3) is 5.11. The van der Waals surface area contributed by atoms with Crippen LogP contribution in [0.5, 0.6) is 0 Å². The summed E-state index contributed by atoms with van der Waals surface area (Å²) >= 11 is 0. The zero-order valence-corrected chi connectivity index (χ0v) is 15.0. The molecule has 2 unspecified atom stereocenters. The molecule has 7 heteroatoms. The summed E-state index contributed by atoms with van der Waals surface area (Å²) in [5, 5.41) is 3.10. The van der Waals surface area contributed by atoms with Gasteiger partial charge in [-0.2, -0.15) is 13.2 Å². The number of carbonyl (C=O) groups excluding carboxylic acids is 1. The van der Waals surface area contributed by atoms with E-state index in [1.165, 1.54) is 12.1 Å². The largest absolute Gasteiger partial charge is 0.444 e. The van der Waals surface area contributed by atoms with Crippen molar-refractivity contribution in [3.05, 3.63) is 35.4 Å². The Labute approximate surface area is 146 Å².